The highest BCUT2D eigenvalue weighted by Crippen LogP contribution is 2.58. The highest BCUT2D eigenvalue weighted by molar-refractivity contribution is 6.10. The number of amides is 1. The zero-order valence-electron chi connectivity index (χ0n) is 12.9. The van der Waals surface area contributed by atoms with Crippen molar-refractivity contribution < 1.29 is 9.53 Å². The lowest BCUT2D eigenvalue weighted by Crippen LogP contribution is -2.31. The topological polar surface area (TPSA) is 53.3 Å². The van der Waals surface area contributed by atoms with Gasteiger partial charge in [0.25, 0.3) is 0 Å². The molecule has 4 rings (SSSR count). The molecule has 114 valence electrons. The van der Waals surface area contributed by atoms with Gasteiger partial charge in [-0.15, -0.1) is 0 Å². The third-order valence-electron chi connectivity index (χ3n) is 4.84. The third-order valence-corrected chi connectivity index (χ3v) is 4.84. The fraction of sp³-hybridized carbons (Fsp3) is 0.263. The molecule has 2 aliphatic rings. The average Bonchev–Trinajstić information content (AvgIpc) is 3.36. The van der Waals surface area contributed by atoms with E-state index >= 15 is 0 Å². The molecule has 23 heavy (non-hydrogen) atoms. The molecule has 0 aromatic heterocycles. The van der Waals surface area contributed by atoms with Gasteiger partial charge in [0.15, 0.2) is 0 Å². The van der Waals surface area contributed by atoms with Crippen LogP contribution in [0.1, 0.15) is 29.5 Å². The summed E-state index contributed by atoms with van der Waals surface area (Å²) < 4.78 is 5.17. The maximum Gasteiger partial charge on any atom is 0.238 e. The second-order valence-electron chi connectivity index (χ2n) is 6.13. The molecule has 1 aliphatic heterocycles. The smallest absolute Gasteiger partial charge is 0.238 e. The van der Waals surface area contributed by atoms with Crippen molar-refractivity contribution in [3.05, 3.63) is 59.2 Å². The van der Waals surface area contributed by atoms with Gasteiger partial charge in [-0.25, -0.2) is 0 Å². The Balaban J connectivity index is 1.73. The number of nitrogens with zero attached hydrogens (tertiary/aromatic N) is 2. The maximum atomic E-state index is 12.9. The Labute approximate surface area is 134 Å². The van der Waals surface area contributed by atoms with E-state index in [1.54, 1.807) is 7.11 Å². The molecule has 4 nitrogen and oxygen atoms in total. The van der Waals surface area contributed by atoms with E-state index in [-0.39, 0.29) is 5.91 Å². The Hall–Kier alpha value is -2.80. The van der Waals surface area contributed by atoms with Crippen molar-refractivity contribution in [3.8, 4) is 11.8 Å². The van der Waals surface area contributed by atoms with E-state index in [2.05, 4.69) is 6.07 Å². The van der Waals surface area contributed by atoms with E-state index in [4.69, 9.17) is 4.74 Å². The van der Waals surface area contributed by atoms with Gasteiger partial charge in [0.1, 0.15) is 5.75 Å². The molecule has 1 amide bonds. The molecular formula is C19H16N2O2. The first kappa shape index (κ1) is 13.8. The molecule has 1 aliphatic carbocycles. The fourth-order valence-corrected chi connectivity index (χ4v) is 3.50. The van der Waals surface area contributed by atoms with Crippen LogP contribution >= 0.6 is 0 Å². The summed E-state index contributed by atoms with van der Waals surface area (Å²) >= 11 is 0. The van der Waals surface area contributed by atoms with Crippen molar-refractivity contribution in [3.63, 3.8) is 0 Å². The summed E-state index contributed by atoms with van der Waals surface area (Å²) in [7, 11) is 1.63. The number of hydrogen-bond donors (Lipinski definition) is 0. The largest absolute Gasteiger partial charge is 0.497 e. The van der Waals surface area contributed by atoms with Gasteiger partial charge in [-0.05, 0) is 42.7 Å². The van der Waals surface area contributed by atoms with Crippen molar-refractivity contribution >= 4 is 11.6 Å². The zero-order chi connectivity index (χ0) is 16.0. The van der Waals surface area contributed by atoms with Gasteiger partial charge >= 0.3 is 0 Å². The van der Waals surface area contributed by atoms with Gasteiger partial charge in [-0.3, -0.25) is 4.79 Å². The Morgan fingerprint density at radius 2 is 1.96 bits per heavy atom. The number of ether oxygens (including phenoxy) is 1. The van der Waals surface area contributed by atoms with Crippen LogP contribution in [0, 0.1) is 11.3 Å². The number of carbonyl (C=O) groups is 1. The monoisotopic (exact) mass is 304 g/mol. The number of carbonyl (C=O) groups excluding carboxylic acids is 1. The molecule has 1 heterocycles. The molecule has 0 saturated heterocycles. The highest BCUT2D eigenvalue weighted by atomic mass is 16.5. The molecule has 2 aromatic rings. The molecule has 0 atom stereocenters. The van der Waals surface area contributed by atoms with E-state index in [0.29, 0.717) is 12.1 Å². The lowest BCUT2D eigenvalue weighted by Gasteiger charge is -2.18. The molecular weight excluding hydrogens is 288 g/mol. The highest BCUT2D eigenvalue weighted by Gasteiger charge is 2.60. The van der Waals surface area contributed by atoms with Crippen molar-refractivity contribution in [1.29, 1.82) is 5.26 Å². The summed E-state index contributed by atoms with van der Waals surface area (Å²) in [4.78, 5) is 14.8. The molecule has 1 saturated carbocycles. The zero-order valence-corrected chi connectivity index (χ0v) is 12.9. The minimum atomic E-state index is -0.436. The predicted molar refractivity (Wildman–Crippen MR) is 86.3 cm³/mol. The number of fused-ring (bicyclic) bond motifs is 2. The van der Waals surface area contributed by atoms with Gasteiger partial charge in [-0.1, -0.05) is 18.2 Å². The predicted octanol–water partition coefficient (Wildman–Crippen LogP) is 3.15. The van der Waals surface area contributed by atoms with Crippen molar-refractivity contribution in [2.24, 2.45) is 0 Å². The molecule has 1 fully saturated rings. The summed E-state index contributed by atoms with van der Waals surface area (Å²) in [6, 6.07) is 15.6. The van der Waals surface area contributed by atoms with Crippen LogP contribution in [-0.4, -0.2) is 13.0 Å². The van der Waals surface area contributed by atoms with E-state index in [1.165, 1.54) is 0 Å². The second kappa shape index (κ2) is 4.85. The van der Waals surface area contributed by atoms with E-state index < -0.39 is 5.41 Å². The molecule has 0 unspecified atom stereocenters. The summed E-state index contributed by atoms with van der Waals surface area (Å²) in [6.45, 7) is 0.520. The Morgan fingerprint density at radius 3 is 2.57 bits per heavy atom. The van der Waals surface area contributed by atoms with Crippen LogP contribution in [0.15, 0.2) is 42.5 Å². The fourth-order valence-electron chi connectivity index (χ4n) is 3.50. The van der Waals surface area contributed by atoms with E-state index in [1.807, 2.05) is 47.4 Å². The van der Waals surface area contributed by atoms with Crippen LogP contribution in [0.4, 0.5) is 5.69 Å². The molecule has 4 heteroatoms. The minimum absolute atomic E-state index is 0.131. The van der Waals surface area contributed by atoms with Crippen molar-refractivity contribution in [1.82, 2.24) is 0 Å². The lowest BCUT2D eigenvalue weighted by atomic mass is 9.93. The van der Waals surface area contributed by atoms with Crippen LogP contribution in [0.5, 0.6) is 5.75 Å². The van der Waals surface area contributed by atoms with Crippen molar-refractivity contribution in [2.75, 3.05) is 12.0 Å². The van der Waals surface area contributed by atoms with E-state index in [0.717, 1.165) is 35.4 Å². The summed E-state index contributed by atoms with van der Waals surface area (Å²) in [5, 5.41) is 9.39. The van der Waals surface area contributed by atoms with E-state index in [9.17, 15) is 10.1 Å². The SMILES string of the molecule is COc1ccc(CN2C(=O)C3(CC3)c3c(C#N)cccc32)cc1. The quantitative estimate of drug-likeness (QED) is 0.875. The molecule has 1 spiro atoms. The molecule has 2 aromatic carbocycles. The van der Waals surface area contributed by atoms with Gasteiger partial charge in [0.05, 0.1) is 30.7 Å². The number of anilines is 1. The average molecular weight is 304 g/mol. The van der Waals surface area contributed by atoms with Gasteiger partial charge in [-0.2, -0.15) is 5.26 Å². The number of rotatable bonds is 3. The maximum absolute atomic E-state index is 12.9. The van der Waals surface area contributed by atoms with Crippen LogP contribution in [0.3, 0.4) is 0 Å². The first-order chi connectivity index (χ1) is 11.2. The summed E-state index contributed by atoms with van der Waals surface area (Å²) in [5.74, 6) is 0.929. The van der Waals surface area contributed by atoms with Crippen LogP contribution in [0.25, 0.3) is 0 Å². The number of nitriles is 1. The normalized spacial score (nSPS) is 17.0. The first-order valence-electron chi connectivity index (χ1n) is 7.68. The van der Waals surface area contributed by atoms with Gasteiger partial charge < -0.3 is 9.64 Å². The summed E-state index contributed by atoms with van der Waals surface area (Å²) in [6.07, 6.45) is 1.69. The Kier molecular flexibility index (Phi) is 2.92. The Bertz CT molecular complexity index is 829. The molecule has 0 bridgehead atoms. The number of benzene rings is 2. The number of methoxy groups -OCH3 is 1. The van der Waals surface area contributed by atoms with Crippen LogP contribution < -0.4 is 9.64 Å². The van der Waals surface area contributed by atoms with Gasteiger partial charge in [0.2, 0.25) is 5.91 Å². The number of hydrogen-bond acceptors (Lipinski definition) is 3. The minimum Gasteiger partial charge on any atom is -0.497 e. The van der Waals surface area contributed by atoms with Crippen LogP contribution in [0.2, 0.25) is 0 Å². The molecule has 0 radical (unpaired) electrons. The Morgan fingerprint density at radius 1 is 1.22 bits per heavy atom. The summed E-state index contributed by atoms with van der Waals surface area (Å²) in [5.41, 5.74) is 3.06. The molecule has 0 N–H and O–H groups in total. The van der Waals surface area contributed by atoms with Crippen LogP contribution in [-0.2, 0) is 16.8 Å². The second-order valence-corrected chi connectivity index (χ2v) is 6.13. The lowest BCUT2D eigenvalue weighted by molar-refractivity contribution is -0.120. The standard InChI is InChI=1S/C19H16N2O2/c1-23-15-7-5-13(6-8-15)12-21-16-4-2-3-14(11-20)17(16)19(9-10-19)18(21)22/h2-8H,9-10,12H2,1H3. The first-order valence-corrected chi connectivity index (χ1v) is 7.68. The third kappa shape index (κ3) is 1.93. The van der Waals surface area contributed by atoms with Gasteiger partial charge in [0, 0.05) is 11.3 Å². The van der Waals surface area contributed by atoms with Crippen molar-refractivity contribution in [2.45, 2.75) is 24.8 Å².